The zero-order valence-corrected chi connectivity index (χ0v) is 7.36. The van der Waals surface area contributed by atoms with E-state index in [0.29, 0.717) is 12.3 Å². The van der Waals surface area contributed by atoms with E-state index >= 15 is 0 Å². The fourth-order valence-corrected chi connectivity index (χ4v) is 0.949. The van der Waals surface area contributed by atoms with E-state index in [1.54, 1.807) is 0 Å². The molecule has 1 amide bonds. The molecule has 5 nitrogen and oxygen atoms in total. The topological polar surface area (TPSA) is 65.1 Å². The van der Waals surface area contributed by atoms with E-state index in [1.807, 2.05) is 6.92 Å². The number of amides is 1. The Morgan fingerprint density at radius 2 is 2.46 bits per heavy atom. The molecule has 0 N–H and O–H groups in total. The van der Waals surface area contributed by atoms with E-state index in [2.05, 4.69) is 15.5 Å². The van der Waals surface area contributed by atoms with Gasteiger partial charge in [-0.2, -0.15) is 4.99 Å². The molecule has 0 aromatic heterocycles. The van der Waals surface area contributed by atoms with Crippen molar-refractivity contribution in [3.63, 3.8) is 0 Å². The van der Waals surface area contributed by atoms with Crippen LogP contribution in [-0.2, 0) is 9.53 Å². The summed E-state index contributed by atoms with van der Waals surface area (Å²) in [6.07, 6.45) is 2.55. The summed E-state index contributed by atoms with van der Waals surface area (Å²) in [4.78, 5) is 14.9. The highest BCUT2D eigenvalue weighted by Crippen LogP contribution is 2.30. The number of carbonyl (C=O) groups is 1. The quantitative estimate of drug-likeness (QED) is 0.625. The summed E-state index contributed by atoms with van der Waals surface area (Å²) in [5.41, 5.74) is 3.63. The highest BCUT2D eigenvalue weighted by molar-refractivity contribution is 6.00. The highest BCUT2D eigenvalue weighted by atomic mass is 16.5. The number of hydrogen-bond donors (Lipinski definition) is 0. The highest BCUT2D eigenvalue weighted by Gasteiger charge is 2.31. The fraction of sp³-hybridized carbons (Fsp3) is 0.625. The Balaban J connectivity index is 1.92. The molecule has 1 aliphatic heterocycles. The molecule has 69 valence electrons. The zero-order valence-electron chi connectivity index (χ0n) is 7.36. The predicted molar refractivity (Wildman–Crippen MR) is 46.1 cm³/mol. The summed E-state index contributed by atoms with van der Waals surface area (Å²) in [5, 5.41) is 3.70. The van der Waals surface area contributed by atoms with Crippen LogP contribution >= 0.6 is 0 Å². The molecular weight excluding hydrogens is 170 g/mol. The Morgan fingerprint density at radius 1 is 1.69 bits per heavy atom. The van der Waals surface area contributed by atoms with Crippen molar-refractivity contribution in [3.8, 4) is 0 Å². The first-order valence-corrected chi connectivity index (χ1v) is 4.37. The average molecular weight is 180 g/mol. The van der Waals surface area contributed by atoms with Crippen molar-refractivity contribution in [3.05, 3.63) is 0 Å². The van der Waals surface area contributed by atoms with Crippen molar-refractivity contribution < 1.29 is 9.53 Å². The third-order valence-corrected chi connectivity index (χ3v) is 1.89. The molecule has 2 aliphatic rings. The van der Waals surface area contributed by atoms with Gasteiger partial charge in [-0.3, -0.25) is 4.79 Å². The van der Waals surface area contributed by atoms with Crippen molar-refractivity contribution in [2.45, 2.75) is 26.2 Å². The van der Waals surface area contributed by atoms with E-state index in [0.717, 1.165) is 12.8 Å². The number of amidine groups is 1. The lowest BCUT2D eigenvalue weighted by molar-refractivity contribution is -0.119. The van der Waals surface area contributed by atoms with Crippen LogP contribution in [0.2, 0.25) is 0 Å². The van der Waals surface area contributed by atoms with Crippen LogP contribution in [0.15, 0.2) is 10.1 Å². The Labute approximate surface area is 75.9 Å². The van der Waals surface area contributed by atoms with Gasteiger partial charge in [0, 0.05) is 12.3 Å². The molecule has 1 saturated carbocycles. The average Bonchev–Trinajstić information content (AvgIpc) is 2.88. The summed E-state index contributed by atoms with van der Waals surface area (Å²) >= 11 is 0. The molecule has 0 atom stereocenters. The number of hydrogen-bond acceptors (Lipinski definition) is 3. The van der Waals surface area contributed by atoms with E-state index < -0.39 is 0 Å². The summed E-state index contributed by atoms with van der Waals surface area (Å²) in [5.74, 6) is 0.491. The van der Waals surface area contributed by atoms with Crippen LogP contribution in [0.5, 0.6) is 0 Å². The molecule has 1 fully saturated rings. The molecule has 0 aromatic rings. The Bertz CT molecular complexity index is 292. The molecule has 0 aromatic carbocycles. The number of nitrogens with zero attached hydrogens (tertiary/aromatic N) is 3. The van der Waals surface area contributed by atoms with E-state index in [9.17, 15) is 4.79 Å². The van der Waals surface area contributed by atoms with Crippen molar-refractivity contribution in [2.75, 3.05) is 0 Å². The third kappa shape index (κ3) is 1.85. The lowest BCUT2D eigenvalue weighted by Crippen LogP contribution is -2.12. The molecule has 0 unspecified atom stereocenters. The van der Waals surface area contributed by atoms with Gasteiger partial charge in [-0.1, -0.05) is 12.3 Å². The molecule has 1 heterocycles. The lowest BCUT2D eigenvalue weighted by atomic mass is 10.4. The third-order valence-electron chi connectivity index (χ3n) is 1.89. The minimum Gasteiger partial charge on any atom is -0.406 e. The summed E-state index contributed by atoms with van der Waals surface area (Å²) in [6.45, 7) is 1.90. The lowest BCUT2D eigenvalue weighted by Gasteiger charge is -1.94. The number of ether oxygens (including phenoxy) is 1. The minimum atomic E-state index is -0.133. The first-order chi connectivity index (χ1) is 6.29. The fourth-order valence-electron chi connectivity index (χ4n) is 0.949. The minimum absolute atomic E-state index is 0.0914. The number of rotatable bonds is 2. The second-order valence-electron chi connectivity index (χ2n) is 3.06. The van der Waals surface area contributed by atoms with E-state index in [1.165, 1.54) is 0 Å². The van der Waals surface area contributed by atoms with Gasteiger partial charge in [0.25, 0.3) is 5.91 Å². The Hall–Kier alpha value is -1.39. The molecule has 0 saturated heterocycles. The largest absolute Gasteiger partial charge is 0.406 e. The van der Waals surface area contributed by atoms with Crippen LogP contribution in [0.4, 0.5) is 0 Å². The molecule has 13 heavy (non-hydrogen) atoms. The van der Waals surface area contributed by atoms with E-state index in [4.69, 9.17) is 4.74 Å². The summed E-state index contributed by atoms with van der Waals surface area (Å²) in [6, 6.07) is 0.0914. The summed E-state index contributed by atoms with van der Waals surface area (Å²) < 4.78 is 5.07. The molecule has 5 heteroatoms. The summed E-state index contributed by atoms with van der Waals surface area (Å²) in [7, 11) is 0. The first kappa shape index (κ1) is 8.22. The molecule has 0 spiro atoms. The second kappa shape index (κ2) is 3.16. The zero-order chi connectivity index (χ0) is 9.26. The normalized spacial score (nSPS) is 23.8. The van der Waals surface area contributed by atoms with Gasteiger partial charge in [-0.05, 0) is 12.8 Å². The van der Waals surface area contributed by atoms with Crippen LogP contribution in [0, 0.1) is 5.92 Å². The maximum absolute atomic E-state index is 11.2. The van der Waals surface area contributed by atoms with Gasteiger partial charge in [0.05, 0.1) is 0 Å². The van der Waals surface area contributed by atoms with Gasteiger partial charge in [0.15, 0.2) is 0 Å². The SMILES string of the molecule is CCC1=N[N]C(=NC(=O)C2CC2)O1. The van der Waals surface area contributed by atoms with Gasteiger partial charge < -0.3 is 4.74 Å². The molecular formula is C8H10N3O2. The van der Waals surface area contributed by atoms with Crippen molar-refractivity contribution in [1.82, 2.24) is 5.43 Å². The maximum atomic E-state index is 11.2. The number of aliphatic imine (C=N–C) groups is 1. The smallest absolute Gasteiger partial charge is 0.345 e. The van der Waals surface area contributed by atoms with Gasteiger partial charge >= 0.3 is 6.02 Å². The van der Waals surface area contributed by atoms with Crippen LogP contribution in [0.1, 0.15) is 26.2 Å². The standard InChI is InChI=1S/C8H10N3O2/c1-2-6-10-11-8(13-6)9-7(12)5-3-4-5/h5H,2-4H2,1H3. The van der Waals surface area contributed by atoms with Gasteiger partial charge in [0.1, 0.15) is 0 Å². The molecule has 0 bridgehead atoms. The van der Waals surface area contributed by atoms with Crippen molar-refractivity contribution in [2.24, 2.45) is 16.0 Å². The second-order valence-corrected chi connectivity index (χ2v) is 3.06. The first-order valence-electron chi connectivity index (χ1n) is 4.37. The molecule has 2 rings (SSSR count). The molecule has 1 radical (unpaired) electrons. The number of carbonyl (C=O) groups excluding carboxylic acids is 1. The van der Waals surface area contributed by atoms with E-state index in [-0.39, 0.29) is 17.8 Å². The van der Waals surface area contributed by atoms with Crippen molar-refractivity contribution in [1.29, 1.82) is 0 Å². The molecule has 1 aliphatic carbocycles. The van der Waals surface area contributed by atoms with Crippen molar-refractivity contribution >= 4 is 17.8 Å². The predicted octanol–water partition coefficient (Wildman–Crippen LogP) is 0.637. The monoisotopic (exact) mass is 180 g/mol. The van der Waals surface area contributed by atoms with Gasteiger partial charge in [0.2, 0.25) is 5.90 Å². The van der Waals surface area contributed by atoms with Crippen LogP contribution in [0.25, 0.3) is 0 Å². The van der Waals surface area contributed by atoms with Crippen LogP contribution < -0.4 is 5.43 Å². The van der Waals surface area contributed by atoms with Gasteiger partial charge in [-0.25, -0.2) is 0 Å². The Morgan fingerprint density at radius 3 is 3.00 bits per heavy atom. The van der Waals surface area contributed by atoms with Gasteiger partial charge in [-0.15, -0.1) is 5.10 Å². The Kier molecular flexibility index (Phi) is 2.00. The van der Waals surface area contributed by atoms with Crippen LogP contribution in [-0.4, -0.2) is 17.8 Å². The van der Waals surface area contributed by atoms with Crippen LogP contribution in [0.3, 0.4) is 0 Å². The maximum Gasteiger partial charge on any atom is 0.345 e.